The highest BCUT2D eigenvalue weighted by atomic mass is 16.3. The van der Waals surface area contributed by atoms with Crippen LogP contribution >= 0.6 is 0 Å². The van der Waals surface area contributed by atoms with Gasteiger partial charge < -0.3 is 10.8 Å². The van der Waals surface area contributed by atoms with Crippen LogP contribution in [0.2, 0.25) is 0 Å². The molecule has 0 amide bonds. The average Bonchev–Trinajstić information content (AvgIpc) is 2.76. The Morgan fingerprint density at radius 1 is 1.11 bits per heavy atom. The van der Waals surface area contributed by atoms with E-state index in [1.54, 1.807) is 0 Å². The highest BCUT2D eigenvalue weighted by Crippen LogP contribution is 2.37. The van der Waals surface area contributed by atoms with Crippen molar-refractivity contribution < 1.29 is 5.11 Å². The van der Waals surface area contributed by atoms with Crippen molar-refractivity contribution in [1.82, 2.24) is 0 Å². The molecule has 0 saturated heterocycles. The third-order valence-electron chi connectivity index (χ3n) is 3.78. The van der Waals surface area contributed by atoms with Gasteiger partial charge in [0.25, 0.3) is 0 Å². The van der Waals surface area contributed by atoms with Gasteiger partial charge in [-0.1, -0.05) is 42.5 Å². The fraction of sp³-hybridized carbons (Fsp3) is 0.250. The molecule has 0 aromatic heterocycles. The first-order valence-electron chi connectivity index (χ1n) is 6.23. The zero-order chi connectivity index (χ0) is 12.8. The van der Waals surface area contributed by atoms with E-state index in [-0.39, 0.29) is 6.61 Å². The highest BCUT2D eigenvalue weighted by Gasteiger charge is 2.24. The molecule has 0 heterocycles. The van der Waals surface area contributed by atoms with Crippen LogP contribution in [0.1, 0.15) is 23.6 Å². The van der Waals surface area contributed by atoms with Gasteiger partial charge in [0.15, 0.2) is 0 Å². The largest absolute Gasteiger partial charge is 0.394 e. The van der Waals surface area contributed by atoms with Crippen LogP contribution in [0, 0.1) is 0 Å². The summed E-state index contributed by atoms with van der Waals surface area (Å²) in [4.78, 5) is 0. The van der Waals surface area contributed by atoms with Crippen LogP contribution in [0.15, 0.2) is 42.5 Å². The lowest BCUT2D eigenvalue weighted by Gasteiger charge is -2.23. The van der Waals surface area contributed by atoms with E-state index in [4.69, 9.17) is 5.73 Å². The van der Waals surface area contributed by atoms with Crippen LogP contribution in [0.4, 0.5) is 0 Å². The molecule has 3 N–H and O–H groups in total. The van der Waals surface area contributed by atoms with Gasteiger partial charge >= 0.3 is 0 Å². The summed E-state index contributed by atoms with van der Waals surface area (Å²) in [6, 6.07) is 14.8. The molecule has 1 unspecified atom stereocenters. The van der Waals surface area contributed by atoms with Crippen LogP contribution in [0.3, 0.4) is 0 Å². The van der Waals surface area contributed by atoms with Crippen molar-refractivity contribution in [2.45, 2.75) is 18.9 Å². The van der Waals surface area contributed by atoms with Crippen molar-refractivity contribution >= 4 is 0 Å². The Hall–Kier alpha value is -1.64. The van der Waals surface area contributed by atoms with Gasteiger partial charge in [-0.2, -0.15) is 0 Å². The van der Waals surface area contributed by atoms with E-state index in [1.807, 2.05) is 13.0 Å². The molecule has 0 radical (unpaired) electrons. The average molecular weight is 239 g/mol. The Morgan fingerprint density at radius 3 is 2.61 bits per heavy atom. The van der Waals surface area contributed by atoms with E-state index in [2.05, 4.69) is 36.4 Å². The van der Waals surface area contributed by atoms with Gasteiger partial charge in [0.1, 0.15) is 0 Å². The van der Waals surface area contributed by atoms with E-state index >= 15 is 0 Å². The summed E-state index contributed by atoms with van der Waals surface area (Å²) in [7, 11) is 0. The molecular weight excluding hydrogens is 222 g/mol. The molecule has 0 saturated carbocycles. The molecule has 1 aliphatic rings. The minimum atomic E-state index is -0.663. The second-order valence-electron chi connectivity index (χ2n) is 5.28. The van der Waals surface area contributed by atoms with Gasteiger partial charge in [0.2, 0.25) is 0 Å². The number of benzene rings is 2. The molecule has 2 heteroatoms. The van der Waals surface area contributed by atoms with Gasteiger partial charge in [0.05, 0.1) is 12.1 Å². The first kappa shape index (κ1) is 11.5. The van der Waals surface area contributed by atoms with Crippen LogP contribution in [-0.2, 0) is 12.0 Å². The SMILES string of the molecule is CC(N)(CO)c1ccc2c(c1)Cc1ccccc1-2. The van der Waals surface area contributed by atoms with E-state index < -0.39 is 5.54 Å². The van der Waals surface area contributed by atoms with Crippen molar-refractivity contribution in [1.29, 1.82) is 0 Å². The lowest BCUT2D eigenvalue weighted by molar-refractivity contribution is 0.210. The molecule has 92 valence electrons. The van der Waals surface area contributed by atoms with Crippen LogP contribution in [-0.4, -0.2) is 11.7 Å². The fourth-order valence-corrected chi connectivity index (χ4v) is 2.59. The van der Waals surface area contributed by atoms with Crippen LogP contribution in [0.25, 0.3) is 11.1 Å². The van der Waals surface area contributed by atoms with Crippen molar-refractivity contribution in [2.24, 2.45) is 5.73 Å². The smallest absolute Gasteiger partial charge is 0.0650 e. The zero-order valence-corrected chi connectivity index (χ0v) is 10.5. The standard InChI is InChI=1S/C16H17NO/c1-16(17,10-18)13-6-7-15-12(9-13)8-11-4-2-3-5-14(11)15/h2-7,9,18H,8,10,17H2,1H3. The molecule has 2 aromatic carbocycles. The molecule has 1 aliphatic carbocycles. The first-order chi connectivity index (χ1) is 8.62. The predicted molar refractivity (Wildman–Crippen MR) is 73.3 cm³/mol. The van der Waals surface area contributed by atoms with Gasteiger partial charge in [-0.15, -0.1) is 0 Å². The summed E-state index contributed by atoms with van der Waals surface area (Å²) < 4.78 is 0. The Morgan fingerprint density at radius 2 is 1.83 bits per heavy atom. The Bertz CT molecular complexity index is 602. The quantitative estimate of drug-likeness (QED) is 0.721. The summed E-state index contributed by atoms with van der Waals surface area (Å²) in [5.74, 6) is 0. The fourth-order valence-electron chi connectivity index (χ4n) is 2.59. The Kier molecular flexibility index (Phi) is 2.51. The lowest BCUT2D eigenvalue weighted by atomic mass is 9.91. The summed E-state index contributed by atoms with van der Waals surface area (Å²) in [5.41, 5.74) is 11.7. The predicted octanol–water partition coefficient (Wildman–Crippen LogP) is 2.42. The second-order valence-corrected chi connectivity index (χ2v) is 5.28. The third kappa shape index (κ3) is 1.65. The molecule has 0 aliphatic heterocycles. The second kappa shape index (κ2) is 3.94. The number of aliphatic hydroxyl groups is 1. The molecule has 2 aromatic rings. The van der Waals surface area contributed by atoms with Crippen molar-refractivity contribution in [3.05, 3.63) is 59.2 Å². The topological polar surface area (TPSA) is 46.2 Å². The third-order valence-corrected chi connectivity index (χ3v) is 3.78. The summed E-state index contributed by atoms with van der Waals surface area (Å²) in [5, 5.41) is 9.34. The molecule has 1 atom stereocenters. The summed E-state index contributed by atoms with van der Waals surface area (Å²) >= 11 is 0. The minimum Gasteiger partial charge on any atom is -0.394 e. The maximum Gasteiger partial charge on any atom is 0.0650 e. The molecule has 0 fully saturated rings. The monoisotopic (exact) mass is 239 g/mol. The zero-order valence-electron chi connectivity index (χ0n) is 10.5. The van der Waals surface area contributed by atoms with Gasteiger partial charge in [0, 0.05) is 0 Å². The first-order valence-corrected chi connectivity index (χ1v) is 6.23. The number of aliphatic hydroxyl groups excluding tert-OH is 1. The minimum absolute atomic E-state index is 0.0429. The highest BCUT2D eigenvalue weighted by molar-refractivity contribution is 5.77. The van der Waals surface area contributed by atoms with E-state index in [0.717, 1.165) is 12.0 Å². The number of hydrogen-bond donors (Lipinski definition) is 2. The van der Waals surface area contributed by atoms with Crippen molar-refractivity contribution in [2.75, 3.05) is 6.61 Å². The molecule has 18 heavy (non-hydrogen) atoms. The van der Waals surface area contributed by atoms with Crippen LogP contribution < -0.4 is 5.73 Å². The van der Waals surface area contributed by atoms with E-state index in [0.29, 0.717) is 0 Å². The molecule has 3 rings (SSSR count). The normalized spacial score (nSPS) is 15.9. The van der Waals surface area contributed by atoms with Crippen molar-refractivity contribution in [3.63, 3.8) is 0 Å². The number of rotatable bonds is 2. The van der Waals surface area contributed by atoms with Crippen LogP contribution in [0.5, 0.6) is 0 Å². The molecule has 0 spiro atoms. The molecular formula is C16H17NO. The van der Waals surface area contributed by atoms with Gasteiger partial charge in [-0.05, 0) is 41.2 Å². The Balaban J connectivity index is 2.09. The molecule has 2 nitrogen and oxygen atoms in total. The maximum absolute atomic E-state index is 9.34. The van der Waals surface area contributed by atoms with E-state index in [9.17, 15) is 5.11 Å². The number of nitrogens with two attached hydrogens (primary N) is 1. The summed E-state index contributed by atoms with van der Waals surface area (Å²) in [6.45, 7) is 1.82. The van der Waals surface area contributed by atoms with Gasteiger partial charge in [-0.3, -0.25) is 0 Å². The lowest BCUT2D eigenvalue weighted by Crippen LogP contribution is -2.36. The van der Waals surface area contributed by atoms with Gasteiger partial charge in [-0.25, -0.2) is 0 Å². The van der Waals surface area contributed by atoms with E-state index in [1.165, 1.54) is 22.3 Å². The number of fused-ring (bicyclic) bond motifs is 3. The number of hydrogen-bond acceptors (Lipinski definition) is 2. The van der Waals surface area contributed by atoms with Crippen molar-refractivity contribution in [3.8, 4) is 11.1 Å². The molecule has 0 bridgehead atoms. The maximum atomic E-state index is 9.34. The summed E-state index contributed by atoms with van der Waals surface area (Å²) in [6.07, 6.45) is 0.959. The Labute approximate surface area is 107 Å².